The summed E-state index contributed by atoms with van der Waals surface area (Å²) in [7, 11) is 0. The Morgan fingerprint density at radius 2 is 1.12 bits per heavy atom. The number of nitrogens with zero attached hydrogens (tertiary/aromatic N) is 3. The Hall–Kier alpha value is -2.85. The van der Waals surface area contributed by atoms with E-state index in [1.807, 2.05) is 72.8 Å². The molecule has 4 rings (SSSR count). The molecule has 0 radical (unpaired) electrons. The fourth-order valence-electron chi connectivity index (χ4n) is 2.84. The minimum atomic E-state index is 0.813. The van der Waals surface area contributed by atoms with Crippen LogP contribution in [0, 0.1) is 0 Å². The van der Waals surface area contributed by atoms with Gasteiger partial charge in [-0.2, -0.15) is 0 Å². The lowest BCUT2D eigenvalue weighted by Gasteiger charge is -2.13. The largest absolute Gasteiger partial charge is 0.129 e. The molecular weight excluding hydrogens is 374 g/mol. The molecule has 0 aliphatic rings. The van der Waals surface area contributed by atoms with Gasteiger partial charge in [0, 0.05) is 21.2 Å². The van der Waals surface area contributed by atoms with E-state index in [1.165, 1.54) is 0 Å². The molecule has 3 nitrogen and oxygen atoms in total. The van der Waals surface area contributed by atoms with Crippen LogP contribution in [0.15, 0.2) is 89.4 Å². The van der Waals surface area contributed by atoms with Crippen molar-refractivity contribution < 1.29 is 0 Å². The maximum atomic E-state index is 4.38. The van der Waals surface area contributed by atoms with Crippen molar-refractivity contribution in [2.24, 2.45) is 0 Å². The van der Waals surface area contributed by atoms with Crippen LogP contribution < -0.4 is 0 Å². The molecule has 0 N–H and O–H groups in total. The SMILES string of the molecule is Brc1ccccc1-c1nnnc(-c2ccccc2)c1-c1ccccc1. The number of hydrogen-bond acceptors (Lipinski definition) is 3. The first kappa shape index (κ1) is 15.7. The lowest BCUT2D eigenvalue weighted by molar-refractivity contribution is 0.878. The number of halogens is 1. The van der Waals surface area contributed by atoms with Gasteiger partial charge < -0.3 is 0 Å². The smallest absolute Gasteiger partial charge is 0.106 e. The molecule has 0 bridgehead atoms. The summed E-state index contributed by atoms with van der Waals surface area (Å²) in [5, 5.41) is 12.8. The highest BCUT2D eigenvalue weighted by molar-refractivity contribution is 9.10. The molecule has 0 aliphatic heterocycles. The first-order chi connectivity index (χ1) is 12.3. The number of benzene rings is 3. The first-order valence-corrected chi connectivity index (χ1v) is 8.73. The molecule has 25 heavy (non-hydrogen) atoms. The summed E-state index contributed by atoms with van der Waals surface area (Å²) in [6, 6.07) is 28.3. The monoisotopic (exact) mass is 387 g/mol. The van der Waals surface area contributed by atoms with Gasteiger partial charge in [-0.15, -0.1) is 10.2 Å². The standard InChI is InChI=1S/C21H14BrN3/c22-18-14-8-7-13-17(18)21-19(15-9-3-1-4-10-15)20(23-25-24-21)16-11-5-2-6-12-16/h1-14H. The summed E-state index contributed by atoms with van der Waals surface area (Å²) < 4.78 is 0.978. The van der Waals surface area contributed by atoms with Crippen LogP contribution in [0.1, 0.15) is 0 Å². The zero-order valence-electron chi connectivity index (χ0n) is 13.3. The molecule has 4 heteroatoms. The van der Waals surface area contributed by atoms with Crippen molar-refractivity contribution in [3.63, 3.8) is 0 Å². The van der Waals surface area contributed by atoms with Crippen LogP contribution in [-0.2, 0) is 0 Å². The fraction of sp³-hybridized carbons (Fsp3) is 0. The first-order valence-electron chi connectivity index (χ1n) is 7.93. The molecule has 1 heterocycles. The molecule has 0 spiro atoms. The van der Waals surface area contributed by atoms with Gasteiger partial charge in [0.05, 0.1) is 0 Å². The van der Waals surface area contributed by atoms with Gasteiger partial charge in [0.25, 0.3) is 0 Å². The minimum absolute atomic E-state index is 0.813. The average molecular weight is 388 g/mol. The molecule has 0 atom stereocenters. The maximum absolute atomic E-state index is 4.38. The molecule has 0 amide bonds. The highest BCUT2D eigenvalue weighted by atomic mass is 79.9. The zero-order chi connectivity index (χ0) is 17.1. The van der Waals surface area contributed by atoms with Gasteiger partial charge in [-0.3, -0.25) is 0 Å². The second kappa shape index (κ2) is 6.95. The third-order valence-corrected chi connectivity index (χ3v) is 4.69. The summed E-state index contributed by atoms with van der Waals surface area (Å²) in [4.78, 5) is 0. The number of rotatable bonds is 3. The maximum Gasteiger partial charge on any atom is 0.106 e. The Morgan fingerprint density at radius 1 is 0.560 bits per heavy atom. The second-order valence-electron chi connectivity index (χ2n) is 5.57. The lowest BCUT2D eigenvalue weighted by Crippen LogP contribution is -2.00. The second-order valence-corrected chi connectivity index (χ2v) is 6.43. The molecule has 0 aliphatic carbocycles. The van der Waals surface area contributed by atoms with Crippen LogP contribution in [0.25, 0.3) is 33.6 Å². The summed E-state index contributed by atoms with van der Waals surface area (Å²) in [5.41, 5.74) is 5.70. The molecular formula is C21H14BrN3. The van der Waals surface area contributed by atoms with Gasteiger partial charge in [-0.25, -0.2) is 0 Å². The van der Waals surface area contributed by atoms with Crippen LogP contribution in [0.5, 0.6) is 0 Å². The zero-order valence-corrected chi connectivity index (χ0v) is 14.9. The highest BCUT2D eigenvalue weighted by Gasteiger charge is 2.18. The molecule has 0 saturated heterocycles. The van der Waals surface area contributed by atoms with Crippen LogP contribution in [0.3, 0.4) is 0 Å². The van der Waals surface area contributed by atoms with E-state index in [-0.39, 0.29) is 0 Å². The third-order valence-electron chi connectivity index (χ3n) is 4.00. The normalized spacial score (nSPS) is 10.6. The van der Waals surface area contributed by atoms with Crippen LogP contribution in [0.2, 0.25) is 0 Å². The quantitative estimate of drug-likeness (QED) is 0.456. The van der Waals surface area contributed by atoms with Crippen molar-refractivity contribution in [2.75, 3.05) is 0 Å². The highest BCUT2D eigenvalue weighted by Crippen LogP contribution is 2.38. The Kier molecular flexibility index (Phi) is 4.36. The molecule has 3 aromatic carbocycles. The van der Waals surface area contributed by atoms with E-state index in [9.17, 15) is 0 Å². The average Bonchev–Trinajstić information content (AvgIpc) is 2.69. The van der Waals surface area contributed by atoms with Crippen molar-refractivity contribution >= 4 is 15.9 Å². The summed E-state index contributed by atoms with van der Waals surface area (Å²) in [5.74, 6) is 0. The summed E-state index contributed by atoms with van der Waals surface area (Å²) >= 11 is 3.63. The topological polar surface area (TPSA) is 38.7 Å². The van der Waals surface area contributed by atoms with Crippen molar-refractivity contribution in [2.45, 2.75) is 0 Å². The van der Waals surface area contributed by atoms with E-state index in [0.717, 1.165) is 38.1 Å². The van der Waals surface area contributed by atoms with Crippen molar-refractivity contribution in [1.82, 2.24) is 15.4 Å². The van der Waals surface area contributed by atoms with E-state index in [2.05, 4.69) is 43.5 Å². The molecule has 120 valence electrons. The fourth-order valence-corrected chi connectivity index (χ4v) is 3.31. The van der Waals surface area contributed by atoms with E-state index >= 15 is 0 Å². The van der Waals surface area contributed by atoms with Gasteiger partial charge >= 0.3 is 0 Å². The van der Waals surface area contributed by atoms with Gasteiger partial charge in [0.15, 0.2) is 0 Å². The molecule has 0 saturated carbocycles. The predicted octanol–water partition coefficient (Wildman–Crippen LogP) is 5.64. The summed E-state index contributed by atoms with van der Waals surface area (Å²) in [6.45, 7) is 0. The molecule has 0 fully saturated rings. The Bertz CT molecular complexity index is 1000. The van der Waals surface area contributed by atoms with Gasteiger partial charge in [0.2, 0.25) is 0 Å². The van der Waals surface area contributed by atoms with E-state index in [4.69, 9.17) is 0 Å². The molecule has 4 aromatic rings. The van der Waals surface area contributed by atoms with Gasteiger partial charge in [-0.1, -0.05) is 94.8 Å². The Labute approximate surface area is 154 Å². The number of aromatic nitrogens is 3. The van der Waals surface area contributed by atoms with Gasteiger partial charge in [-0.05, 0) is 16.8 Å². The van der Waals surface area contributed by atoms with E-state index in [1.54, 1.807) is 0 Å². The third kappa shape index (κ3) is 3.08. The predicted molar refractivity (Wildman–Crippen MR) is 104 cm³/mol. The Morgan fingerprint density at radius 3 is 1.80 bits per heavy atom. The van der Waals surface area contributed by atoms with Crippen LogP contribution in [-0.4, -0.2) is 15.4 Å². The van der Waals surface area contributed by atoms with Crippen molar-refractivity contribution in [3.05, 3.63) is 89.4 Å². The van der Waals surface area contributed by atoms with Crippen LogP contribution >= 0.6 is 15.9 Å². The minimum Gasteiger partial charge on any atom is -0.129 e. The van der Waals surface area contributed by atoms with Gasteiger partial charge in [0.1, 0.15) is 11.4 Å². The van der Waals surface area contributed by atoms with Crippen molar-refractivity contribution in [3.8, 4) is 33.6 Å². The summed E-state index contributed by atoms with van der Waals surface area (Å²) in [6.07, 6.45) is 0. The van der Waals surface area contributed by atoms with Crippen molar-refractivity contribution in [1.29, 1.82) is 0 Å². The van der Waals surface area contributed by atoms with Crippen LogP contribution in [0.4, 0.5) is 0 Å². The van der Waals surface area contributed by atoms with E-state index in [0.29, 0.717) is 0 Å². The molecule has 1 aromatic heterocycles. The Balaban J connectivity index is 2.05. The van der Waals surface area contributed by atoms with E-state index < -0.39 is 0 Å². The number of hydrogen-bond donors (Lipinski definition) is 0. The lowest BCUT2D eigenvalue weighted by atomic mass is 9.95. The molecule has 0 unspecified atom stereocenters.